The van der Waals surface area contributed by atoms with Crippen LogP contribution in [-0.2, 0) is 4.79 Å². The number of carbonyl (C=O) groups excluding carboxylic acids is 1. The van der Waals surface area contributed by atoms with Crippen molar-refractivity contribution in [3.8, 4) is 0 Å². The van der Waals surface area contributed by atoms with Crippen LogP contribution in [0, 0.1) is 0 Å². The van der Waals surface area contributed by atoms with Crippen LogP contribution in [0.3, 0.4) is 0 Å². The monoisotopic (exact) mass is 189 g/mol. The normalized spacial score (nSPS) is 10.7. The molecule has 0 saturated carbocycles. The molecule has 0 amide bonds. The van der Waals surface area contributed by atoms with Crippen molar-refractivity contribution < 1.29 is 4.79 Å². The lowest BCUT2D eigenvalue weighted by atomic mass is 10.5. The molecule has 0 aromatic rings. The zero-order chi connectivity index (χ0) is 9.40. The molecule has 0 heterocycles. The minimum absolute atomic E-state index is 0.277. The lowest BCUT2D eigenvalue weighted by molar-refractivity contribution is -0.114. The first-order valence-electron chi connectivity index (χ1n) is 4.50. The summed E-state index contributed by atoms with van der Waals surface area (Å²) < 4.78 is 0. The molecule has 0 unspecified atom stereocenters. The van der Waals surface area contributed by atoms with Gasteiger partial charge in [0.1, 0.15) is 5.78 Å². The molecule has 2 nitrogen and oxygen atoms in total. The largest absolute Gasteiger partial charge is 0.303 e. The molecule has 12 heavy (non-hydrogen) atoms. The van der Waals surface area contributed by atoms with Crippen molar-refractivity contribution in [2.24, 2.45) is 0 Å². The second-order valence-electron chi connectivity index (χ2n) is 2.78. The fourth-order valence-electron chi connectivity index (χ4n) is 0.949. The van der Waals surface area contributed by atoms with Crippen LogP contribution in [0.1, 0.15) is 20.8 Å². The Morgan fingerprint density at radius 2 is 1.92 bits per heavy atom. The standard InChI is InChI=1S/C9H19NOS/c1-4-10(5-2)6-7-12-8-9(3)11/h4-8H2,1-3H3. The highest BCUT2D eigenvalue weighted by atomic mass is 32.2. The van der Waals surface area contributed by atoms with Gasteiger partial charge in [0.05, 0.1) is 5.75 Å². The lowest BCUT2D eigenvalue weighted by Crippen LogP contribution is -2.25. The van der Waals surface area contributed by atoms with E-state index in [1.807, 2.05) is 0 Å². The third-order valence-corrected chi connectivity index (χ3v) is 2.83. The summed E-state index contributed by atoms with van der Waals surface area (Å²) in [6, 6.07) is 0. The van der Waals surface area contributed by atoms with Gasteiger partial charge >= 0.3 is 0 Å². The predicted molar refractivity (Wildman–Crippen MR) is 55.8 cm³/mol. The predicted octanol–water partition coefficient (Wildman–Crippen LogP) is 1.65. The highest BCUT2D eigenvalue weighted by Gasteiger charge is 1.98. The van der Waals surface area contributed by atoms with E-state index < -0.39 is 0 Å². The topological polar surface area (TPSA) is 20.3 Å². The number of hydrogen-bond acceptors (Lipinski definition) is 3. The molecular formula is C9H19NOS. The summed E-state index contributed by atoms with van der Waals surface area (Å²) in [7, 11) is 0. The zero-order valence-electron chi connectivity index (χ0n) is 8.30. The number of rotatable bonds is 7. The quantitative estimate of drug-likeness (QED) is 0.568. The average molecular weight is 189 g/mol. The Balaban J connectivity index is 3.23. The van der Waals surface area contributed by atoms with Gasteiger partial charge in [0, 0.05) is 12.3 Å². The van der Waals surface area contributed by atoms with E-state index in [0.717, 1.165) is 25.4 Å². The van der Waals surface area contributed by atoms with E-state index in [1.54, 1.807) is 18.7 Å². The summed E-state index contributed by atoms with van der Waals surface area (Å²) in [6.07, 6.45) is 0. The van der Waals surface area contributed by atoms with Gasteiger partial charge in [-0.15, -0.1) is 0 Å². The molecular weight excluding hydrogens is 170 g/mol. The minimum Gasteiger partial charge on any atom is -0.303 e. The van der Waals surface area contributed by atoms with Crippen molar-refractivity contribution in [1.29, 1.82) is 0 Å². The van der Waals surface area contributed by atoms with Gasteiger partial charge < -0.3 is 4.90 Å². The van der Waals surface area contributed by atoms with Crippen LogP contribution in [-0.4, -0.2) is 41.8 Å². The highest BCUT2D eigenvalue weighted by molar-refractivity contribution is 7.99. The molecule has 0 aromatic heterocycles. The number of hydrogen-bond donors (Lipinski definition) is 0. The average Bonchev–Trinajstić information content (AvgIpc) is 2.04. The van der Waals surface area contributed by atoms with Gasteiger partial charge in [-0.2, -0.15) is 11.8 Å². The molecule has 0 aliphatic rings. The van der Waals surface area contributed by atoms with E-state index in [4.69, 9.17) is 0 Å². The molecule has 0 aliphatic carbocycles. The fourth-order valence-corrected chi connectivity index (χ4v) is 1.77. The van der Waals surface area contributed by atoms with Crippen LogP contribution in [0.5, 0.6) is 0 Å². The summed E-state index contributed by atoms with van der Waals surface area (Å²) >= 11 is 1.73. The van der Waals surface area contributed by atoms with Gasteiger partial charge in [-0.25, -0.2) is 0 Å². The molecule has 0 aliphatic heterocycles. The van der Waals surface area contributed by atoms with Crippen LogP contribution in [0.2, 0.25) is 0 Å². The summed E-state index contributed by atoms with van der Waals surface area (Å²) in [4.78, 5) is 13.0. The van der Waals surface area contributed by atoms with Crippen LogP contribution in [0.4, 0.5) is 0 Å². The fraction of sp³-hybridized carbons (Fsp3) is 0.889. The molecule has 72 valence electrons. The number of carbonyl (C=O) groups is 1. The second kappa shape index (κ2) is 7.62. The number of thioether (sulfide) groups is 1. The van der Waals surface area contributed by atoms with Crippen molar-refractivity contribution in [2.75, 3.05) is 31.1 Å². The molecule has 0 saturated heterocycles. The number of nitrogens with zero attached hydrogens (tertiary/aromatic N) is 1. The van der Waals surface area contributed by atoms with Crippen LogP contribution >= 0.6 is 11.8 Å². The molecule has 0 spiro atoms. The SMILES string of the molecule is CCN(CC)CCSCC(C)=O. The number of Topliss-reactive ketones (excluding diaryl/α,β-unsaturated/α-hetero) is 1. The van der Waals surface area contributed by atoms with Crippen molar-refractivity contribution in [3.05, 3.63) is 0 Å². The summed E-state index contributed by atoms with van der Waals surface area (Å²) in [5.41, 5.74) is 0. The molecule has 0 bridgehead atoms. The van der Waals surface area contributed by atoms with E-state index in [-0.39, 0.29) is 5.78 Å². The second-order valence-corrected chi connectivity index (χ2v) is 3.89. The lowest BCUT2D eigenvalue weighted by Gasteiger charge is -2.16. The van der Waals surface area contributed by atoms with Crippen LogP contribution in [0.15, 0.2) is 0 Å². The molecule has 0 rings (SSSR count). The van der Waals surface area contributed by atoms with Crippen LogP contribution in [0.25, 0.3) is 0 Å². The van der Waals surface area contributed by atoms with Crippen molar-refractivity contribution >= 4 is 17.5 Å². The Bertz CT molecular complexity index is 124. The third-order valence-electron chi connectivity index (χ3n) is 1.75. The van der Waals surface area contributed by atoms with E-state index in [2.05, 4.69) is 18.7 Å². The Morgan fingerprint density at radius 1 is 1.33 bits per heavy atom. The van der Waals surface area contributed by atoms with Crippen LogP contribution < -0.4 is 0 Å². The van der Waals surface area contributed by atoms with Gasteiger partial charge in [0.15, 0.2) is 0 Å². The van der Waals surface area contributed by atoms with Gasteiger partial charge in [-0.3, -0.25) is 4.79 Å². The maximum atomic E-state index is 10.6. The summed E-state index contributed by atoms with van der Waals surface area (Å²) in [6.45, 7) is 9.29. The first kappa shape index (κ1) is 12.0. The maximum Gasteiger partial charge on any atom is 0.139 e. The molecule has 0 fully saturated rings. The van der Waals surface area contributed by atoms with Crippen molar-refractivity contribution in [1.82, 2.24) is 4.90 Å². The molecule has 0 atom stereocenters. The van der Waals surface area contributed by atoms with E-state index >= 15 is 0 Å². The Kier molecular flexibility index (Phi) is 7.61. The maximum absolute atomic E-state index is 10.6. The smallest absolute Gasteiger partial charge is 0.139 e. The Labute approximate surface area is 79.7 Å². The van der Waals surface area contributed by atoms with Gasteiger partial charge in [-0.05, 0) is 20.0 Å². The van der Waals surface area contributed by atoms with E-state index in [1.165, 1.54) is 0 Å². The Hall–Kier alpha value is -0.0200. The molecule has 0 aromatic carbocycles. The Morgan fingerprint density at radius 3 is 2.33 bits per heavy atom. The number of ketones is 1. The van der Waals surface area contributed by atoms with Crippen molar-refractivity contribution in [2.45, 2.75) is 20.8 Å². The van der Waals surface area contributed by atoms with E-state index in [0.29, 0.717) is 5.75 Å². The molecule has 0 radical (unpaired) electrons. The third kappa shape index (κ3) is 6.68. The van der Waals surface area contributed by atoms with Crippen molar-refractivity contribution in [3.63, 3.8) is 0 Å². The van der Waals surface area contributed by atoms with Gasteiger partial charge in [0.25, 0.3) is 0 Å². The van der Waals surface area contributed by atoms with Gasteiger partial charge in [-0.1, -0.05) is 13.8 Å². The highest BCUT2D eigenvalue weighted by Crippen LogP contribution is 2.00. The van der Waals surface area contributed by atoms with E-state index in [9.17, 15) is 4.79 Å². The minimum atomic E-state index is 0.277. The summed E-state index contributed by atoms with van der Waals surface area (Å²) in [5, 5.41) is 0. The first-order valence-corrected chi connectivity index (χ1v) is 5.65. The molecule has 3 heteroatoms. The molecule has 0 N–H and O–H groups in total. The van der Waals surface area contributed by atoms with Gasteiger partial charge in [0.2, 0.25) is 0 Å². The zero-order valence-corrected chi connectivity index (χ0v) is 9.12. The summed E-state index contributed by atoms with van der Waals surface area (Å²) in [5.74, 6) is 2.02. The first-order chi connectivity index (χ1) is 5.70.